The molecule has 1 aliphatic rings. The average Bonchev–Trinajstić information content (AvgIpc) is 2.62. The van der Waals surface area contributed by atoms with Crippen LogP contribution in [0.3, 0.4) is 0 Å². The number of ether oxygens (including phenoxy) is 1. The predicted octanol–water partition coefficient (Wildman–Crippen LogP) is 2.81. The number of allylic oxidation sites excluding steroid dienone is 1. The minimum absolute atomic E-state index is 0.0539. The number of amidine groups is 1. The molecule has 9 heteroatoms. The summed E-state index contributed by atoms with van der Waals surface area (Å²) in [7, 11) is 0. The zero-order valence-corrected chi connectivity index (χ0v) is 15.1. The van der Waals surface area contributed by atoms with Crippen molar-refractivity contribution in [1.29, 1.82) is 0 Å². The van der Waals surface area contributed by atoms with Crippen molar-refractivity contribution in [2.75, 3.05) is 6.54 Å². The maximum absolute atomic E-state index is 12.3. The molecule has 1 heterocycles. The summed E-state index contributed by atoms with van der Waals surface area (Å²) in [5.74, 6) is -0.679. The predicted molar refractivity (Wildman–Crippen MR) is 96.3 cm³/mol. The molecule has 3 N–H and O–H groups in total. The second-order valence-electron chi connectivity index (χ2n) is 5.42. The van der Waals surface area contributed by atoms with Gasteiger partial charge in [0.2, 0.25) is 5.84 Å². The van der Waals surface area contributed by atoms with E-state index in [-0.39, 0.29) is 23.7 Å². The Morgan fingerprint density at radius 1 is 1.54 bits per heavy atom. The van der Waals surface area contributed by atoms with Gasteiger partial charge in [-0.3, -0.25) is 4.79 Å². The summed E-state index contributed by atoms with van der Waals surface area (Å²) in [4.78, 5) is 17.3. The smallest absolute Gasteiger partial charge is 0.387 e. The van der Waals surface area contributed by atoms with E-state index in [1.807, 2.05) is 25.1 Å². The van der Waals surface area contributed by atoms with Crippen LogP contribution in [0, 0.1) is 6.92 Å². The highest BCUT2D eigenvalue weighted by molar-refractivity contribution is 7.98. The first-order valence-corrected chi connectivity index (χ1v) is 8.52. The van der Waals surface area contributed by atoms with Crippen molar-refractivity contribution in [3.63, 3.8) is 0 Å². The summed E-state index contributed by atoms with van der Waals surface area (Å²) in [5, 5.41) is 12.5. The van der Waals surface area contributed by atoms with Crippen LogP contribution in [0.5, 0.6) is 0 Å². The average molecular weight is 383 g/mol. The number of nitrogens with one attached hydrogen (secondary N) is 2. The molecule has 0 saturated heterocycles. The monoisotopic (exact) mass is 383 g/mol. The van der Waals surface area contributed by atoms with E-state index in [0.29, 0.717) is 5.69 Å². The Labute approximate surface area is 154 Å². The number of benzene rings is 1. The van der Waals surface area contributed by atoms with Crippen LogP contribution in [-0.2, 0) is 9.53 Å². The van der Waals surface area contributed by atoms with Gasteiger partial charge in [-0.05, 0) is 49.6 Å². The molecule has 1 unspecified atom stereocenters. The number of carbonyl (C=O) groups is 1. The van der Waals surface area contributed by atoms with Crippen LogP contribution in [0.4, 0.5) is 14.5 Å². The third-order valence-corrected chi connectivity index (χ3v) is 4.32. The van der Waals surface area contributed by atoms with Crippen molar-refractivity contribution in [2.45, 2.75) is 31.5 Å². The molecule has 0 bridgehead atoms. The normalized spacial score (nSPS) is 14.8. The van der Waals surface area contributed by atoms with Crippen molar-refractivity contribution in [3.8, 4) is 0 Å². The van der Waals surface area contributed by atoms with Crippen LogP contribution < -0.4 is 10.0 Å². The van der Waals surface area contributed by atoms with Gasteiger partial charge in [0.05, 0.1) is 16.7 Å². The van der Waals surface area contributed by atoms with Crippen LogP contribution >= 0.6 is 11.9 Å². The molecule has 26 heavy (non-hydrogen) atoms. The van der Waals surface area contributed by atoms with Gasteiger partial charge in [0.15, 0.2) is 0 Å². The lowest BCUT2D eigenvalue weighted by atomic mass is 10.1. The molecule has 0 spiro atoms. The highest BCUT2D eigenvalue weighted by Gasteiger charge is 2.21. The first-order valence-electron chi connectivity index (χ1n) is 7.70. The van der Waals surface area contributed by atoms with Gasteiger partial charge in [-0.1, -0.05) is 12.6 Å². The standard InChI is InChI=1S/C17H19F2N3O3S/c1-4-13(25-17(18)19)10(3)12(23)8-20-16(24)15-21-11-6-5-9(2)7-14(11)26-22-15/h4-7,12,17,23H,3,8H2,1-2H3,(H,20,24)(H,21,22)/b13-4+. The highest BCUT2D eigenvalue weighted by atomic mass is 32.2. The van der Waals surface area contributed by atoms with Crippen LogP contribution in [-0.4, -0.2) is 36.1 Å². The molecule has 6 nitrogen and oxygen atoms in total. The van der Waals surface area contributed by atoms with Crippen molar-refractivity contribution in [1.82, 2.24) is 10.0 Å². The van der Waals surface area contributed by atoms with Gasteiger partial charge in [-0.25, -0.2) is 4.99 Å². The number of fused-ring (bicyclic) bond motifs is 1. The molecule has 140 valence electrons. The first kappa shape index (κ1) is 19.9. The van der Waals surface area contributed by atoms with Crippen LogP contribution in [0.2, 0.25) is 0 Å². The fraction of sp³-hybridized carbons (Fsp3) is 0.294. The molecule has 0 aromatic heterocycles. The van der Waals surface area contributed by atoms with Gasteiger partial charge in [-0.15, -0.1) is 0 Å². The maximum atomic E-state index is 12.3. The summed E-state index contributed by atoms with van der Waals surface area (Å²) >= 11 is 1.26. The lowest BCUT2D eigenvalue weighted by Crippen LogP contribution is -2.42. The Hall–Kier alpha value is -2.39. The number of carbonyl (C=O) groups excluding carboxylic acids is 1. The quantitative estimate of drug-likeness (QED) is 0.383. The number of hydrogen-bond donors (Lipinski definition) is 3. The molecule has 0 saturated carbocycles. The van der Waals surface area contributed by atoms with E-state index >= 15 is 0 Å². The van der Waals surface area contributed by atoms with E-state index in [9.17, 15) is 18.7 Å². The number of aliphatic hydroxyl groups excluding tert-OH is 1. The SMILES string of the molecule is C=C(/C(=C\C)OC(F)F)C(O)CNC(=O)C1=Nc2ccc(C)cc2SN1. The molecule has 0 radical (unpaired) electrons. The fourth-order valence-corrected chi connectivity index (χ4v) is 2.93. The lowest BCUT2D eigenvalue weighted by molar-refractivity contribution is -0.115. The Balaban J connectivity index is 1.96. The number of aryl methyl sites for hydroxylation is 1. The molecule has 1 atom stereocenters. The van der Waals surface area contributed by atoms with Crippen molar-refractivity contribution in [2.24, 2.45) is 4.99 Å². The number of aliphatic imine (C=N–C) groups is 1. The summed E-state index contributed by atoms with van der Waals surface area (Å²) in [5.41, 5.74) is 1.69. The van der Waals surface area contributed by atoms with Crippen LogP contribution in [0.1, 0.15) is 12.5 Å². The van der Waals surface area contributed by atoms with Gasteiger partial charge < -0.3 is 19.9 Å². The number of hydrogen-bond acceptors (Lipinski definition) is 6. The maximum Gasteiger partial charge on any atom is 0.387 e. The number of halogens is 2. The lowest BCUT2D eigenvalue weighted by Gasteiger charge is -2.19. The Morgan fingerprint density at radius 2 is 2.27 bits per heavy atom. The molecule has 2 rings (SSSR count). The van der Waals surface area contributed by atoms with Crippen molar-refractivity contribution < 1.29 is 23.4 Å². The topological polar surface area (TPSA) is 83.0 Å². The second-order valence-corrected chi connectivity index (χ2v) is 6.27. The number of amides is 1. The summed E-state index contributed by atoms with van der Waals surface area (Å²) < 4.78 is 31.7. The van der Waals surface area contributed by atoms with E-state index in [0.717, 1.165) is 10.5 Å². The number of nitrogens with zero attached hydrogens (tertiary/aromatic N) is 1. The van der Waals surface area contributed by atoms with Crippen LogP contribution in [0.25, 0.3) is 0 Å². The van der Waals surface area contributed by atoms with E-state index in [1.165, 1.54) is 24.9 Å². The number of alkyl halides is 2. The summed E-state index contributed by atoms with van der Waals surface area (Å²) in [6.45, 7) is 3.71. The molecule has 1 aromatic rings. The minimum atomic E-state index is -3.03. The van der Waals surface area contributed by atoms with Gasteiger partial charge in [-0.2, -0.15) is 8.78 Å². The van der Waals surface area contributed by atoms with E-state index in [4.69, 9.17) is 0 Å². The Bertz CT molecular complexity index is 766. The third-order valence-electron chi connectivity index (χ3n) is 3.47. The fourth-order valence-electron chi connectivity index (χ4n) is 2.12. The van der Waals surface area contributed by atoms with E-state index < -0.39 is 18.6 Å². The van der Waals surface area contributed by atoms with Gasteiger partial charge >= 0.3 is 6.61 Å². The minimum Gasteiger partial charge on any atom is -0.435 e. The third kappa shape index (κ3) is 5.06. The molecule has 1 amide bonds. The number of rotatable bonds is 7. The largest absolute Gasteiger partial charge is 0.435 e. The van der Waals surface area contributed by atoms with Crippen molar-refractivity contribution >= 4 is 29.4 Å². The zero-order chi connectivity index (χ0) is 19.3. The molecule has 0 aliphatic carbocycles. The molecule has 0 fully saturated rings. The van der Waals surface area contributed by atoms with E-state index in [2.05, 4.69) is 26.3 Å². The summed E-state index contributed by atoms with van der Waals surface area (Å²) in [6.07, 6.45) is -0.0160. The van der Waals surface area contributed by atoms with E-state index in [1.54, 1.807) is 0 Å². The second kappa shape index (κ2) is 8.81. The zero-order valence-electron chi connectivity index (χ0n) is 14.3. The van der Waals surface area contributed by atoms with Crippen molar-refractivity contribution in [3.05, 3.63) is 47.7 Å². The summed E-state index contributed by atoms with van der Waals surface area (Å²) in [6, 6.07) is 5.64. The van der Waals surface area contributed by atoms with Crippen LogP contribution in [0.15, 0.2) is 52.1 Å². The Morgan fingerprint density at radius 3 is 2.92 bits per heavy atom. The highest BCUT2D eigenvalue weighted by Crippen LogP contribution is 2.31. The molecular formula is C17H19F2N3O3S. The van der Waals surface area contributed by atoms with Gasteiger partial charge in [0, 0.05) is 12.1 Å². The van der Waals surface area contributed by atoms with Gasteiger partial charge in [0.1, 0.15) is 5.76 Å². The molecule has 1 aromatic carbocycles. The Kier molecular flexibility index (Phi) is 6.76. The molecular weight excluding hydrogens is 364 g/mol. The molecule has 1 aliphatic heterocycles. The first-order chi connectivity index (χ1) is 12.3. The number of aliphatic hydroxyl groups is 1. The van der Waals surface area contributed by atoms with Gasteiger partial charge in [0.25, 0.3) is 5.91 Å².